The molecule has 0 aliphatic rings. The fraction of sp³-hybridized carbons (Fsp3) is 0.0667. The number of hydrogen-bond donors (Lipinski definition) is 4. The number of nitrogens with two attached hydrogens (primary N) is 1. The second kappa shape index (κ2) is 6.53. The molecule has 0 bridgehead atoms. The van der Waals surface area contributed by atoms with Gasteiger partial charge in [0.1, 0.15) is 6.61 Å². The summed E-state index contributed by atoms with van der Waals surface area (Å²) in [7, 11) is 0. The quantitative estimate of drug-likeness (QED) is 0.638. The predicted octanol–water partition coefficient (Wildman–Crippen LogP) is 1.45. The number of rotatable bonds is 4. The van der Waals surface area contributed by atoms with Crippen LogP contribution in [-0.2, 0) is 4.79 Å². The van der Waals surface area contributed by atoms with Gasteiger partial charge in [0.05, 0.1) is 11.4 Å². The molecule has 2 aromatic rings. The molecule has 108 valence electrons. The molecule has 0 saturated carbocycles. The third-order valence-electron chi connectivity index (χ3n) is 2.78. The Morgan fingerprint density at radius 2 is 1.67 bits per heavy atom. The van der Waals surface area contributed by atoms with Crippen LogP contribution in [0.2, 0.25) is 0 Å². The fourth-order valence-electron chi connectivity index (χ4n) is 1.71. The van der Waals surface area contributed by atoms with Crippen molar-refractivity contribution in [3.8, 4) is 0 Å². The highest BCUT2D eigenvalue weighted by Gasteiger charge is 2.08. The average molecular weight is 285 g/mol. The zero-order valence-corrected chi connectivity index (χ0v) is 11.2. The number of nitrogens with one attached hydrogen (secondary N) is 2. The standard InChI is InChI=1S/C15H15N3O3/c16-12-3-1-2-4-13(12)18-15(21)10-5-7-11(8-6-10)17-14(20)9-19/h1-8,19H,9,16H2,(H,17,20)(H,18,21). The lowest BCUT2D eigenvalue weighted by atomic mass is 10.2. The van der Waals surface area contributed by atoms with E-state index in [-0.39, 0.29) is 5.91 Å². The summed E-state index contributed by atoms with van der Waals surface area (Å²) in [6, 6.07) is 13.3. The van der Waals surface area contributed by atoms with E-state index in [1.165, 1.54) is 0 Å². The number of aliphatic hydroxyl groups is 1. The van der Waals surface area contributed by atoms with Gasteiger partial charge in [-0.1, -0.05) is 12.1 Å². The van der Waals surface area contributed by atoms with Crippen LogP contribution in [0.4, 0.5) is 17.1 Å². The smallest absolute Gasteiger partial charge is 0.255 e. The highest BCUT2D eigenvalue weighted by Crippen LogP contribution is 2.18. The minimum atomic E-state index is -0.588. The topological polar surface area (TPSA) is 104 Å². The monoisotopic (exact) mass is 285 g/mol. The number of amides is 2. The lowest BCUT2D eigenvalue weighted by Crippen LogP contribution is -2.16. The Kier molecular flexibility index (Phi) is 4.53. The van der Waals surface area contributed by atoms with Crippen molar-refractivity contribution in [1.82, 2.24) is 0 Å². The van der Waals surface area contributed by atoms with Gasteiger partial charge in [-0.15, -0.1) is 0 Å². The summed E-state index contributed by atoms with van der Waals surface area (Å²) in [5.74, 6) is -0.808. The van der Waals surface area contributed by atoms with E-state index in [1.54, 1.807) is 48.5 Å². The summed E-state index contributed by atoms with van der Waals surface area (Å²) in [4.78, 5) is 23.1. The molecule has 0 atom stereocenters. The Hall–Kier alpha value is -2.86. The lowest BCUT2D eigenvalue weighted by Gasteiger charge is -2.08. The zero-order valence-electron chi connectivity index (χ0n) is 11.2. The molecule has 0 aliphatic carbocycles. The minimum Gasteiger partial charge on any atom is -0.397 e. The average Bonchev–Trinajstić information content (AvgIpc) is 2.50. The number of aliphatic hydroxyl groups excluding tert-OH is 1. The maximum Gasteiger partial charge on any atom is 0.255 e. The van der Waals surface area contributed by atoms with Gasteiger partial charge in [0, 0.05) is 11.3 Å². The van der Waals surface area contributed by atoms with E-state index in [4.69, 9.17) is 10.8 Å². The molecule has 2 rings (SSSR count). The van der Waals surface area contributed by atoms with Gasteiger partial charge in [0.2, 0.25) is 5.91 Å². The van der Waals surface area contributed by atoms with Crippen molar-refractivity contribution in [2.75, 3.05) is 23.0 Å². The van der Waals surface area contributed by atoms with E-state index in [0.717, 1.165) is 0 Å². The Labute approximate surface area is 121 Å². The van der Waals surface area contributed by atoms with Gasteiger partial charge in [-0.05, 0) is 36.4 Å². The third kappa shape index (κ3) is 3.80. The molecule has 0 heterocycles. The number of carbonyl (C=O) groups excluding carboxylic acids is 2. The van der Waals surface area contributed by atoms with Crippen LogP contribution in [0, 0.1) is 0 Å². The molecule has 0 unspecified atom stereocenters. The van der Waals surface area contributed by atoms with Gasteiger partial charge in [-0.25, -0.2) is 0 Å². The Balaban J connectivity index is 2.06. The van der Waals surface area contributed by atoms with E-state index in [1.807, 2.05) is 0 Å². The van der Waals surface area contributed by atoms with E-state index >= 15 is 0 Å². The molecule has 21 heavy (non-hydrogen) atoms. The molecule has 2 aromatic carbocycles. The van der Waals surface area contributed by atoms with Crippen LogP contribution >= 0.6 is 0 Å². The normalized spacial score (nSPS) is 9.95. The number of nitrogen functional groups attached to an aromatic ring is 1. The first-order chi connectivity index (χ1) is 10.1. The van der Waals surface area contributed by atoms with Crippen molar-refractivity contribution in [2.45, 2.75) is 0 Å². The molecule has 0 aliphatic heterocycles. The predicted molar refractivity (Wildman–Crippen MR) is 81.0 cm³/mol. The second-order valence-electron chi connectivity index (χ2n) is 4.33. The highest BCUT2D eigenvalue weighted by atomic mass is 16.3. The van der Waals surface area contributed by atoms with Crippen LogP contribution in [-0.4, -0.2) is 23.5 Å². The molecular weight excluding hydrogens is 270 g/mol. The van der Waals surface area contributed by atoms with E-state index in [9.17, 15) is 9.59 Å². The molecule has 0 fully saturated rings. The van der Waals surface area contributed by atoms with Gasteiger partial charge in [0.15, 0.2) is 0 Å². The van der Waals surface area contributed by atoms with Crippen LogP contribution in [0.25, 0.3) is 0 Å². The van der Waals surface area contributed by atoms with Gasteiger partial charge in [-0.3, -0.25) is 9.59 Å². The first kappa shape index (κ1) is 14.5. The fourth-order valence-corrected chi connectivity index (χ4v) is 1.71. The van der Waals surface area contributed by atoms with Crippen molar-refractivity contribution in [3.05, 3.63) is 54.1 Å². The van der Waals surface area contributed by atoms with Gasteiger partial charge in [-0.2, -0.15) is 0 Å². The van der Waals surface area contributed by atoms with Crippen LogP contribution in [0.3, 0.4) is 0 Å². The first-order valence-corrected chi connectivity index (χ1v) is 6.27. The number of para-hydroxylation sites is 2. The third-order valence-corrected chi connectivity index (χ3v) is 2.78. The molecular formula is C15H15N3O3. The second-order valence-corrected chi connectivity index (χ2v) is 4.33. The molecule has 0 radical (unpaired) electrons. The SMILES string of the molecule is Nc1ccccc1NC(=O)c1ccc(NC(=O)CO)cc1. The summed E-state index contributed by atoms with van der Waals surface area (Å²) < 4.78 is 0. The van der Waals surface area contributed by atoms with Crippen LogP contribution < -0.4 is 16.4 Å². The van der Waals surface area contributed by atoms with E-state index in [0.29, 0.717) is 22.6 Å². The van der Waals surface area contributed by atoms with E-state index < -0.39 is 12.5 Å². The largest absolute Gasteiger partial charge is 0.397 e. The Morgan fingerprint density at radius 1 is 1.00 bits per heavy atom. The maximum atomic E-state index is 12.1. The number of carbonyl (C=O) groups is 2. The summed E-state index contributed by atoms with van der Waals surface area (Å²) in [5.41, 5.74) is 7.72. The Morgan fingerprint density at radius 3 is 2.29 bits per heavy atom. The Bertz CT molecular complexity index is 653. The van der Waals surface area contributed by atoms with Gasteiger partial charge in [0.25, 0.3) is 5.91 Å². The molecule has 5 N–H and O–H groups in total. The molecule has 6 nitrogen and oxygen atoms in total. The minimum absolute atomic E-state index is 0.298. The maximum absolute atomic E-state index is 12.1. The van der Waals surface area contributed by atoms with Crippen molar-refractivity contribution < 1.29 is 14.7 Å². The lowest BCUT2D eigenvalue weighted by molar-refractivity contribution is -0.118. The van der Waals surface area contributed by atoms with Crippen LogP contribution in [0.1, 0.15) is 10.4 Å². The molecule has 2 amide bonds. The highest BCUT2D eigenvalue weighted by molar-refractivity contribution is 6.06. The van der Waals surface area contributed by atoms with Crippen molar-refractivity contribution in [2.24, 2.45) is 0 Å². The van der Waals surface area contributed by atoms with Crippen molar-refractivity contribution >= 4 is 28.9 Å². The molecule has 0 aromatic heterocycles. The molecule has 0 spiro atoms. The van der Waals surface area contributed by atoms with E-state index in [2.05, 4.69) is 10.6 Å². The number of hydrogen-bond acceptors (Lipinski definition) is 4. The zero-order chi connectivity index (χ0) is 15.2. The van der Waals surface area contributed by atoms with Gasteiger partial charge >= 0.3 is 0 Å². The molecule has 6 heteroatoms. The number of benzene rings is 2. The van der Waals surface area contributed by atoms with Crippen molar-refractivity contribution in [3.63, 3.8) is 0 Å². The summed E-state index contributed by atoms with van der Waals surface area (Å²) in [5, 5.41) is 13.8. The summed E-state index contributed by atoms with van der Waals surface area (Å²) in [6.07, 6.45) is 0. The first-order valence-electron chi connectivity index (χ1n) is 6.27. The molecule has 0 saturated heterocycles. The van der Waals surface area contributed by atoms with Crippen LogP contribution in [0.5, 0.6) is 0 Å². The van der Waals surface area contributed by atoms with Gasteiger partial charge < -0.3 is 21.5 Å². The van der Waals surface area contributed by atoms with Crippen molar-refractivity contribution in [1.29, 1.82) is 0 Å². The summed E-state index contributed by atoms with van der Waals surface area (Å²) >= 11 is 0. The van der Waals surface area contributed by atoms with Crippen LogP contribution in [0.15, 0.2) is 48.5 Å². The number of anilines is 3. The summed E-state index contributed by atoms with van der Waals surface area (Å²) in [6.45, 7) is -0.588.